The second kappa shape index (κ2) is 6.96. The number of allylic oxidation sites excluding steroid dienone is 1. The van der Waals surface area contributed by atoms with E-state index in [9.17, 15) is 4.79 Å². The van der Waals surface area contributed by atoms with Crippen molar-refractivity contribution in [3.63, 3.8) is 0 Å². The number of rotatable bonds is 4. The first kappa shape index (κ1) is 17.4. The quantitative estimate of drug-likeness (QED) is 0.503. The Kier molecular flexibility index (Phi) is 4.49. The zero-order chi connectivity index (χ0) is 19.0. The van der Waals surface area contributed by atoms with Gasteiger partial charge in [-0.2, -0.15) is 0 Å². The van der Waals surface area contributed by atoms with Crippen molar-refractivity contribution in [1.29, 1.82) is 0 Å². The van der Waals surface area contributed by atoms with Crippen LogP contribution in [0.3, 0.4) is 0 Å². The molecular weight excluding hydrogens is 408 g/mol. The van der Waals surface area contributed by atoms with Crippen molar-refractivity contribution in [1.82, 2.24) is 24.1 Å². The molecule has 0 amide bonds. The van der Waals surface area contributed by atoms with E-state index in [0.29, 0.717) is 17.7 Å². The second-order valence-electron chi connectivity index (χ2n) is 6.28. The summed E-state index contributed by atoms with van der Waals surface area (Å²) >= 11 is 3.56. The minimum Gasteiger partial charge on any atom is -0.376 e. The smallest absolute Gasteiger partial charge is 0.265 e. The summed E-state index contributed by atoms with van der Waals surface area (Å²) in [6.07, 6.45) is 9.00. The van der Waals surface area contributed by atoms with Crippen LogP contribution in [0.5, 0.6) is 0 Å². The Bertz CT molecular complexity index is 1210. The molecule has 0 aliphatic carbocycles. The Morgan fingerprint density at radius 2 is 1.96 bits per heavy atom. The van der Waals surface area contributed by atoms with Gasteiger partial charge in [0.05, 0.1) is 16.6 Å². The van der Waals surface area contributed by atoms with Crippen LogP contribution in [-0.2, 0) is 6.54 Å². The molecule has 4 rings (SSSR count). The second-order valence-corrected chi connectivity index (χ2v) is 7.14. The van der Waals surface area contributed by atoms with Gasteiger partial charge in [-0.15, -0.1) is 10.2 Å². The van der Waals surface area contributed by atoms with E-state index in [-0.39, 0.29) is 5.56 Å². The Morgan fingerprint density at radius 1 is 1.19 bits per heavy atom. The number of pyridine rings is 1. The topological polar surface area (TPSA) is 68.3 Å². The summed E-state index contributed by atoms with van der Waals surface area (Å²) in [5, 5.41) is 8.79. The van der Waals surface area contributed by atoms with Crippen LogP contribution in [0.15, 0.2) is 58.3 Å². The Morgan fingerprint density at radius 3 is 2.70 bits per heavy atom. The highest BCUT2D eigenvalue weighted by molar-refractivity contribution is 9.10. The number of benzene rings is 1. The predicted molar refractivity (Wildman–Crippen MR) is 110 cm³/mol. The molecule has 3 heterocycles. The van der Waals surface area contributed by atoms with Gasteiger partial charge < -0.3 is 4.90 Å². The summed E-state index contributed by atoms with van der Waals surface area (Å²) in [6.45, 7) is 0.388. The first-order valence-corrected chi connectivity index (χ1v) is 9.16. The molecule has 3 aromatic heterocycles. The standard InChI is InChI=1S/C19H17BrN6O/c1-24(2)17-14(20)5-6-15-16(17)18(27)25(19-23-22-12-26(15)19)11-3-4-13-7-9-21-10-8-13/h3-10,12H,11H2,1-2H3. The van der Waals surface area contributed by atoms with Crippen molar-refractivity contribution in [2.75, 3.05) is 19.0 Å². The van der Waals surface area contributed by atoms with Gasteiger partial charge in [0, 0.05) is 37.5 Å². The van der Waals surface area contributed by atoms with Gasteiger partial charge in [0.15, 0.2) is 0 Å². The molecule has 8 heteroatoms. The third-order valence-electron chi connectivity index (χ3n) is 4.35. The number of anilines is 1. The van der Waals surface area contributed by atoms with E-state index in [1.54, 1.807) is 23.3 Å². The summed E-state index contributed by atoms with van der Waals surface area (Å²) < 4.78 is 4.34. The highest BCUT2D eigenvalue weighted by Gasteiger charge is 2.17. The van der Waals surface area contributed by atoms with Gasteiger partial charge in [0.25, 0.3) is 5.56 Å². The number of hydrogen-bond acceptors (Lipinski definition) is 5. The first-order chi connectivity index (χ1) is 13.1. The molecule has 0 bridgehead atoms. The molecule has 0 saturated heterocycles. The lowest BCUT2D eigenvalue weighted by Crippen LogP contribution is -2.25. The summed E-state index contributed by atoms with van der Waals surface area (Å²) in [5.74, 6) is 0.513. The molecule has 0 spiro atoms. The van der Waals surface area contributed by atoms with Crippen LogP contribution in [0.2, 0.25) is 0 Å². The predicted octanol–water partition coefficient (Wildman–Crippen LogP) is 2.98. The van der Waals surface area contributed by atoms with Crippen molar-refractivity contribution in [3.8, 4) is 0 Å². The summed E-state index contributed by atoms with van der Waals surface area (Å²) in [7, 11) is 3.84. The van der Waals surface area contributed by atoms with Crippen LogP contribution in [0.4, 0.5) is 5.69 Å². The van der Waals surface area contributed by atoms with Crippen molar-refractivity contribution in [2.24, 2.45) is 0 Å². The van der Waals surface area contributed by atoms with Crippen LogP contribution >= 0.6 is 15.9 Å². The molecule has 1 aromatic carbocycles. The fraction of sp³-hybridized carbons (Fsp3) is 0.158. The van der Waals surface area contributed by atoms with Crippen molar-refractivity contribution in [3.05, 3.63) is 69.5 Å². The summed E-state index contributed by atoms with van der Waals surface area (Å²) in [6, 6.07) is 7.66. The minimum atomic E-state index is -0.102. The molecule has 0 saturated carbocycles. The van der Waals surface area contributed by atoms with E-state index >= 15 is 0 Å². The number of halogens is 1. The molecule has 0 aliphatic heterocycles. The summed E-state index contributed by atoms with van der Waals surface area (Å²) in [4.78, 5) is 19.3. The van der Waals surface area contributed by atoms with Crippen LogP contribution in [-0.4, -0.2) is 38.2 Å². The average Bonchev–Trinajstić information content (AvgIpc) is 3.14. The molecule has 0 N–H and O–H groups in total. The van der Waals surface area contributed by atoms with Crippen LogP contribution in [0, 0.1) is 0 Å². The molecule has 0 fully saturated rings. The Labute approximate surface area is 163 Å². The monoisotopic (exact) mass is 424 g/mol. The Hall–Kier alpha value is -3.00. The van der Waals surface area contributed by atoms with E-state index in [2.05, 4.69) is 31.1 Å². The first-order valence-electron chi connectivity index (χ1n) is 8.36. The number of fused-ring (bicyclic) bond motifs is 3. The molecule has 4 aromatic rings. The lowest BCUT2D eigenvalue weighted by molar-refractivity contribution is 0.787. The normalized spacial score (nSPS) is 11.7. The average molecular weight is 425 g/mol. The number of nitrogens with zero attached hydrogens (tertiary/aromatic N) is 6. The fourth-order valence-electron chi connectivity index (χ4n) is 3.15. The van der Waals surface area contributed by atoms with Crippen LogP contribution in [0.1, 0.15) is 5.56 Å². The van der Waals surface area contributed by atoms with Gasteiger partial charge in [0.2, 0.25) is 5.78 Å². The third-order valence-corrected chi connectivity index (χ3v) is 4.99. The number of hydrogen-bond donors (Lipinski definition) is 0. The van der Waals surface area contributed by atoms with Gasteiger partial charge in [-0.05, 0) is 45.8 Å². The van der Waals surface area contributed by atoms with Crippen molar-refractivity contribution in [2.45, 2.75) is 6.54 Å². The molecule has 0 radical (unpaired) electrons. The maximum Gasteiger partial charge on any atom is 0.265 e. The van der Waals surface area contributed by atoms with Crippen LogP contribution in [0.25, 0.3) is 22.8 Å². The van der Waals surface area contributed by atoms with E-state index in [1.807, 2.05) is 59.8 Å². The molecule has 0 aliphatic rings. The Balaban J connectivity index is 1.93. The summed E-state index contributed by atoms with van der Waals surface area (Å²) in [5.41, 5.74) is 2.53. The minimum absolute atomic E-state index is 0.102. The van der Waals surface area contributed by atoms with Gasteiger partial charge in [-0.1, -0.05) is 12.2 Å². The van der Waals surface area contributed by atoms with Crippen molar-refractivity contribution < 1.29 is 0 Å². The van der Waals surface area contributed by atoms with Gasteiger partial charge in [-0.25, -0.2) is 0 Å². The van der Waals surface area contributed by atoms with Gasteiger partial charge in [0.1, 0.15) is 6.33 Å². The van der Waals surface area contributed by atoms with E-state index in [4.69, 9.17) is 0 Å². The molecule has 27 heavy (non-hydrogen) atoms. The van der Waals surface area contributed by atoms with Gasteiger partial charge in [-0.3, -0.25) is 18.7 Å². The lowest BCUT2D eigenvalue weighted by Gasteiger charge is -2.18. The highest BCUT2D eigenvalue weighted by Crippen LogP contribution is 2.31. The zero-order valence-corrected chi connectivity index (χ0v) is 16.5. The molecular formula is C19H17BrN6O. The maximum absolute atomic E-state index is 13.4. The van der Waals surface area contributed by atoms with Crippen LogP contribution < -0.4 is 10.5 Å². The fourth-order valence-corrected chi connectivity index (χ4v) is 3.83. The van der Waals surface area contributed by atoms with Crippen molar-refractivity contribution >= 4 is 44.4 Å². The molecule has 0 unspecified atom stereocenters. The van der Waals surface area contributed by atoms with E-state index < -0.39 is 0 Å². The highest BCUT2D eigenvalue weighted by atomic mass is 79.9. The largest absolute Gasteiger partial charge is 0.376 e. The zero-order valence-electron chi connectivity index (χ0n) is 14.9. The molecule has 136 valence electrons. The third kappa shape index (κ3) is 3.02. The maximum atomic E-state index is 13.4. The van der Waals surface area contributed by atoms with Gasteiger partial charge >= 0.3 is 0 Å². The van der Waals surface area contributed by atoms with E-state index in [1.165, 1.54) is 0 Å². The molecule has 7 nitrogen and oxygen atoms in total. The lowest BCUT2D eigenvalue weighted by atomic mass is 10.2. The SMILES string of the molecule is CN(C)c1c(Br)ccc2c1c(=O)n(CC=Cc1ccncc1)c1nncn21. The van der Waals surface area contributed by atoms with E-state index in [0.717, 1.165) is 21.2 Å². The molecule has 0 atom stereocenters. The number of aromatic nitrogens is 5.